The average molecular weight is 282 g/mol. The molecule has 1 heterocycles. The third-order valence-electron chi connectivity index (χ3n) is 3.75. The summed E-state index contributed by atoms with van der Waals surface area (Å²) in [6, 6.07) is 15.5. The number of anilines is 2. The molecule has 0 saturated heterocycles. The van der Waals surface area contributed by atoms with Gasteiger partial charge in [0, 0.05) is 30.3 Å². The molecule has 0 bridgehead atoms. The predicted molar refractivity (Wildman–Crippen MR) is 83.9 cm³/mol. The first kappa shape index (κ1) is 13.5. The number of nitrogens with one attached hydrogen (secondary N) is 2. The van der Waals surface area contributed by atoms with Crippen LogP contribution in [0.25, 0.3) is 0 Å². The van der Waals surface area contributed by atoms with Crippen LogP contribution in [-0.2, 0) is 4.79 Å². The first-order chi connectivity index (χ1) is 10.3. The molecule has 1 unspecified atom stereocenters. The molecule has 0 saturated carbocycles. The zero-order valence-corrected chi connectivity index (χ0v) is 11.9. The number of hydrogen-bond acceptors (Lipinski definition) is 3. The molecule has 3 rings (SSSR count). The van der Waals surface area contributed by atoms with Gasteiger partial charge < -0.3 is 15.4 Å². The van der Waals surface area contributed by atoms with Gasteiger partial charge >= 0.3 is 0 Å². The molecule has 4 nitrogen and oxygen atoms in total. The van der Waals surface area contributed by atoms with Crippen molar-refractivity contribution < 1.29 is 9.53 Å². The molecule has 0 spiro atoms. The molecule has 0 radical (unpaired) electrons. The zero-order valence-electron chi connectivity index (χ0n) is 11.9. The van der Waals surface area contributed by atoms with E-state index in [1.54, 1.807) is 7.11 Å². The third kappa shape index (κ3) is 2.99. The Hall–Kier alpha value is -2.49. The number of rotatable bonds is 4. The molecule has 0 aromatic heterocycles. The Balaban J connectivity index is 1.62. The van der Waals surface area contributed by atoms with Crippen molar-refractivity contribution in [2.24, 2.45) is 0 Å². The van der Waals surface area contributed by atoms with E-state index >= 15 is 0 Å². The van der Waals surface area contributed by atoms with Gasteiger partial charge in [0.05, 0.1) is 7.11 Å². The monoisotopic (exact) mass is 282 g/mol. The minimum Gasteiger partial charge on any atom is -0.497 e. The van der Waals surface area contributed by atoms with Crippen LogP contribution in [0.4, 0.5) is 11.4 Å². The van der Waals surface area contributed by atoms with E-state index in [4.69, 9.17) is 4.74 Å². The third-order valence-corrected chi connectivity index (χ3v) is 3.75. The Morgan fingerprint density at radius 2 is 2.00 bits per heavy atom. The Morgan fingerprint density at radius 1 is 1.24 bits per heavy atom. The van der Waals surface area contributed by atoms with E-state index in [1.165, 1.54) is 5.56 Å². The van der Waals surface area contributed by atoms with E-state index in [1.807, 2.05) is 36.4 Å². The van der Waals surface area contributed by atoms with Crippen molar-refractivity contribution in [2.45, 2.75) is 12.3 Å². The van der Waals surface area contributed by atoms with E-state index in [0.717, 1.165) is 23.7 Å². The standard InChI is InChI=1S/C17H18N2O2/c1-21-14-8-6-13(7-9-14)19-17(20)10-12-11-18-16-5-3-2-4-15(12)16/h2-9,12,18H,10-11H2,1H3,(H,19,20). The van der Waals surface area contributed by atoms with E-state index < -0.39 is 0 Å². The number of benzene rings is 2. The Bertz CT molecular complexity index is 637. The van der Waals surface area contributed by atoms with Crippen LogP contribution in [0.15, 0.2) is 48.5 Å². The summed E-state index contributed by atoms with van der Waals surface area (Å²) in [4.78, 5) is 12.2. The lowest BCUT2D eigenvalue weighted by atomic mass is 9.97. The number of amides is 1. The van der Waals surface area contributed by atoms with Gasteiger partial charge in [-0.3, -0.25) is 4.79 Å². The largest absolute Gasteiger partial charge is 0.497 e. The maximum atomic E-state index is 12.2. The smallest absolute Gasteiger partial charge is 0.225 e. The van der Waals surface area contributed by atoms with Crippen LogP contribution in [0, 0.1) is 0 Å². The molecule has 1 aliphatic rings. The van der Waals surface area contributed by atoms with Gasteiger partial charge in [0.25, 0.3) is 0 Å². The lowest BCUT2D eigenvalue weighted by Gasteiger charge is -2.11. The van der Waals surface area contributed by atoms with Gasteiger partial charge in [-0.05, 0) is 35.9 Å². The molecule has 1 atom stereocenters. The minimum absolute atomic E-state index is 0.0312. The summed E-state index contributed by atoms with van der Waals surface area (Å²) in [5, 5.41) is 6.27. The predicted octanol–water partition coefficient (Wildman–Crippen LogP) is 3.23. The number of methoxy groups -OCH3 is 1. The van der Waals surface area contributed by atoms with Crippen LogP contribution < -0.4 is 15.4 Å². The van der Waals surface area contributed by atoms with Gasteiger partial charge in [-0.2, -0.15) is 0 Å². The Kier molecular flexibility index (Phi) is 3.77. The highest BCUT2D eigenvalue weighted by atomic mass is 16.5. The maximum absolute atomic E-state index is 12.2. The number of fused-ring (bicyclic) bond motifs is 1. The summed E-state index contributed by atoms with van der Waals surface area (Å²) in [5.41, 5.74) is 3.15. The Morgan fingerprint density at radius 3 is 2.76 bits per heavy atom. The second kappa shape index (κ2) is 5.87. The molecule has 0 fully saturated rings. The molecular formula is C17H18N2O2. The quantitative estimate of drug-likeness (QED) is 0.905. The van der Waals surface area contributed by atoms with Gasteiger partial charge in [0.15, 0.2) is 0 Å². The zero-order chi connectivity index (χ0) is 14.7. The molecule has 108 valence electrons. The van der Waals surface area contributed by atoms with Crippen LogP contribution in [0.5, 0.6) is 5.75 Å². The summed E-state index contributed by atoms with van der Waals surface area (Å²) in [6.07, 6.45) is 0.482. The highest BCUT2D eigenvalue weighted by Crippen LogP contribution is 2.33. The molecule has 0 aliphatic carbocycles. The first-order valence-corrected chi connectivity index (χ1v) is 7.03. The maximum Gasteiger partial charge on any atom is 0.225 e. The van der Waals surface area contributed by atoms with Crippen molar-refractivity contribution in [2.75, 3.05) is 24.3 Å². The van der Waals surface area contributed by atoms with Crippen molar-refractivity contribution >= 4 is 17.3 Å². The topological polar surface area (TPSA) is 50.4 Å². The second-order valence-corrected chi connectivity index (χ2v) is 5.15. The van der Waals surface area contributed by atoms with Crippen LogP contribution >= 0.6 is 0 Å². The van der Waals surface area contributed by atoms with E-state index in [9.17, 15) is 4.79 Å². The summed E-state index contributed by atoms with van der Waals surface area (Å²) in [6.45, 7) is 0.815. The van der Waals surface area contributed by atoms with Crippen molar-refractivity contribution in [3.63, 3.8) is 0 Å². The fourth-order valence-electron chi connectivity index (χ4n) is 2.65. The molecule has 2 aromatic carbocycles. The minimum atomic E-state index is 0.0312. The highest BCUT2D eigenvalue weighted by molar-refractivity contribution is 5.91. The SMILES string of the molecule is COc1ccc(NC(=O)CC2CNc3ccccc32)cc1. The van der Waals surface area contributed by atoms with Gasteiger partial charge in [-0.15, -0.1) is 0 Å². The lowest BCUT2D eigenvalue weighted by molar-refractivity contribution is -0.116. The molecule has 1 aliphatic heterocycles. The molecule has 4 heteroatoms. The molecule has 2 N–H and O–H groups in total. The molecule has 21 heavy (non-hydrogen) atoms. The van der Waals surface area contributed by atoms with Crippen LogP contribution in [0.2, 0.25) is 0 Å². The number of ether oxygens (including phenoxy) is 1. The summed E-state index contributed by atoms with van der Waals surface area (Å²) in [7, 11) is 1.62. The normalized spacial score (nSPS) is 16.0. The van der Waals surface area contributed by atoms with Crippen molar-refractivity contribution in [3.05, 3.63) is 54.1 Å². The van der Waals surface area contributed by atoms with Gasteiger partial charge in [-0.25, -0.2) is 0 Å². The van der Waals surface area contributed by atoms with Crippen molar-refractivity contribution in [1.82, 2.24) is 0 Å². The number of carbonyl (C=O) groups excluding carboxylic acids is 1. The first-order valence-electron chi connectivity index (χ1n) is 7.03. The lowest BCUT2D eigenvalue weighted by Crippen LogP contribution is -2.16. The molecule has 1 amide bonds. The summed E-state index contributed by atoms with van der Waals surface area (Å²) >= 11 is 0. The second-order valence-electron chi connectivity index (χ2n) is 5.15. The summed E-state index contributed by atoms with van der Waals surface area (Å²) in [5.74, 6) is 1.05. The average Bonchev–Trinajstić information content (AvgIpc) is 2.91. The van der Waals surface area contributed by atoms with Gasteiger partial charge in [0.1, 0.15) is 5.75 Å². The van der Waals surface area contributed by atoms with Crippen molar-refractivity contribution in [3.8, 4) is 5.75 Å². The van der Waals surface area contributed by atoms with Crippen molar-refractivity contribution in [1.29, 1.82) is 0 Å². The Labute approximate surface area is 124 Å². The van der Waals surface area contributed by atoms with Gasteiger partial charge in [0.2, 0.25) is 5.91 Å². The number of carbonyl (C=O) groups is 1. The number of hydrogen-bond donors (Lipinski definition) is 2. The van der Waals surface area contributed by atoms with Crippen LogP contribution in [-0.4, -0.2) is 19.6 Å². The van der Waals surface area contributed by atoms with Crippen LogP contribution in [0.3, 0.4) is 0 Å². The van der Waals surface area contributed by atoms with E-state index in [0.29, 0.717) is 6.42 Å². The molecule has 2 aromatic rings. The van der Waals surface area contributed by atoms with Crippen LogP contribution in [0.1, 0.15) is 17.9 Å². The fraction of sp³-hybridized carbons (Fsp3) is 0.235. The highest BCUT2D eigenvalue weighted by Gasteiger charge is 2.23. The number of para-hydroxylation sites is 1. The van der Waals surface area contributed by atoms with E-state index in [2.05, 4.69) is 22.8 Å². The fourth-order valence-corrected chi connectivity index (χ4v) is 2.65. The summed E-state index contributed by atoms with van der Waals surface area (Å²) < 4.78 is 5.10. The van der Waals surface area contributed by atoms with Gasteiger partial charge in [-0.1, -0.05) is 18.2 Å². The molecular weight excluding hydrogens is 264 g/mol. The van der Waals surface area contributed by atoms with E-state index in [-0.39, 0.29) is 11.8 Å².